The van der Waals surface area contributed by atoms with Gasteiger partial charge in [-0.3, -0.25) is 4.31 Å². The Morgan fingerprint density at radius 2 is 1.93 bits per heavy atom. The Labute approximate surface area is 164 Å². The number of sulfonamides is 1. The zero-order valence-corrected chi connectivity index (χ0v) is 16.6. The van der Waals surface area contributed by atoms with Crippen LogP contribution in [0.25, 0.3) is 0 Å². The van der Waals surface area contributed by atoms with Gasteiger partial charge in [-0.15, -0.1) is 0 Å². The number of nitrogens with one attached hydrogen (secondary N) is 2. The summed E-state index contributed by atoms with van der Waals surface area (Å²) in [5.74, 6) is -0.199. The van der Waals surface area contributed by atoms with Crippen LogP contribution in [0.2, 0.25) is 0 Å². The fourth-order valence-electron chi connectivity index (χ4n) is 3.26. The van der Waals surface area contributed by atoms with Gasteiger partial charge in [0, 0.05) is 18.8 Å². The van der Waals surface area contributed by atoms with E-state index in [1.165, 1.54) is 16.4 Å². The predicted octanol–water partition coefficient (Wildman–Crippen LogP) is 3.64. The Balaban J connectivity index is 1.66. The molecule has 0 saturated carbocycles. The summed E-state index contributed by atoms with van der Waals surface area (Å²) in [5.41, 5.74) is 2.99. The van der Waals surface area contributed by atoms with E-state index < -0.39 is 10.0 Å². The van der Waals surface area contributed by atoms with E-state index in [2.05, 4.69) is 10.6 Å². The minimum Gasteiger partial charge on any atom is -0.334 e. The number of rotatable bonds is 6. The fourth-order valence-corrected chi connectivity index (χ4v) is 4.88. The average Bonchev–Trinajstić information content (AvgIpc) is 2.67. The molecule has 0 bridgehead atoms. The lowest BCUT2D eigenvalue weighted by atomic mass is 10.0. The number of aryl methyl sites for hydroxylation is 1. The molecule has 0 unspecified atom stereocenters. The first-order chi connectivity index (χ1) is 13.4. The summed E-state index contributed by atoms with van der Waals surface area (Å²) in [5, 5.41) is 5.48. The SMILES string of the molecule is CCCS(=O)(=O)N1CCCc2cc(NC(=O)NCc3ccc(F)cc3)ccc21. The van der Waals surface area contributed by atoms with Crippen LogP contribution in [0.4, 0.5) is 20.6 Å². The number of hydrogen-bond donors (Lipinski definition) is 2. The van der Waals surface area contributed by atoms with E-state index in [9.17, 15) is 17.6 Å². The molecule has 0 saturated heterocycles. The predicted molar refractivity (Wildman–Crippen MR) is 108 cm³/mol. The van der Waals surface area contributed by atoms with Crippen molar-refractivity contribution >= 4 is 27.4 Å². The monoisotopic (exact) mass is 405 g/mol. The van der Waals surface area contributed by atoms with Gasteiger partial charge in [0.1, 0.15) is 5.82 Å². The van der Waals surface area contributed by atoms with Crippen molar-refractivity contribution in [2.45, 2.75) is 32.7 Å². The van der Waals surface area contributed by atoms with Crippen LogP contribution >= 0.6 is 0 Å². The molecular formula is C20H24FN3O3S. The molecule has 0 radical (unpaired) electrons. The van der Waals surface area contributed by atoms with Gasteiger partial charge < -0.3 is 10.6 Å². The molecule has 0 spiro atoms. The van der Waals surface area contributed by atoms with E-state index in [-0.39, 0.29) is 24.1 Å². The van der Waals surface area contributed by atoms with Crippen molar-refractivity contribution in [1.82, 2.24) is 5.32 Å². The largest absolute Gasteiger partial charge is 0.334 e. The summed E-state index contributed by atoms with van der Waals surface area (Å²) in [4.78, 5) is 12.1. The van der Waals surface area contributed by atoms with Gasteiger partial charge in [0.05, 0.1) is 11.4 Å². The lowest BCUT2D eigenvalue weighted by molar-refractivity contribution is 0.251. The number of urea groups is 1. The Hall–Kier alpha value is -2.61. The van der Waals surface area contributed by atoms with Crippen LogP contribution in [0.3, 0.4) is 0 Å². The van der Waals surface area contributed by atoms with Gasteiger partial charge >= 0.3 is 6.03 Å². The highest BCUT2D eigenvalue weighted by molar-refractivity contribution is 7.92. The molecule has 1 aliphatic heterocycles. The third kappa shape index (κ3) is 4.81. The number of hydrogen-bond acceptors (Lipinski definition) is 3. The van der Waals surface area contributed by atoms with E-state index in [1.54, 1.807) is 24.3 Å². The highest BCUT2D eigenvalue weighted by atomic mass is 32.2. The maximum atomic E-state index is 12.9. The molecule has 0 aliphatic carbocycles. The Bertz CT molecular complexity index is 946. The maximum absolute atomic E-state index is 12.9. The summed E-state index contributed by atoms with van der Waals surface area (Å²) < 4.78 is 39.3. The fraction of sp³-hybridized carbons (Fsp3) is 0.350. The van der Waals surface area contributed by atoms with E-state index in [0.717, 1.165) is 24.0 Å². The molecule has 2 N–H and O–H groups in total. The zero-order valence-electron chi connectivity index (χ0n) is 15.7. The van der Waals surface area contributed by atoms with Crippen LogP contribution in [0, 0.1) is 5.82 Å². The van der Waals surface area contributed by atoms with Gasteiger partial charge in [-0.25, -0.2) is 17.6 Å². The van der Waals surface area contributed by atoms with Crippen molar-refractivity contribution in [3.05, 3.63) is 59.4 Å². The second-order valence-electron chi connectivity index (χ2n) is 6.77. The first kappa shape index (κ1) is 20.1. The van der Waals surface area contributed by atoms with E-state index in [0.29, 0.717) is 24.3 Å². The summed E-state index contributed by atoms with van der Waals surface area (Å²) in [7, 11) is -3.32. The molecule has 3 rings (SSSR count). The van der Waals surface area contributed by atoms with Crippen molar-refractivity contribution in [1.29, 1.82) is 0 Å². The number of halogens is 1. The number of nitrogens with zero attached hydrogens (tertiary/aromatic N) is 1. The molecule has 6 nitrogen and oxygen atoms in total. The van der Waals surface area contributed by atoms with Gasteiger partial charge in [0.2, 0.25) is 10.0 Å². The Morgan fingerprint density at radius 1 is 1.18 bits per heavy atom. The standard InChI is InChI=1S/C20H24FN3O3S/c1-2-12-28(26,27)24-11-3-4-16-13-18(9-10-19(16)24)23-20(25)22-14-15-5-7-17(21)8-6-15/h5-10,13H,2-4,11-12,14H2,1H3,(H2,22,23,25). The van der Waals surface area contributed by atoms with Crippen molar-refractivity contribution in [2.75, 3.05) is 21.9 Å². The molecule has 2 amide bonds. The molecule has 2 aromatic rings. The van der Waals surface area contributed by atoms with E-state index in [4.69, 9.17) is 0 Å². The summed E-state index contributed by atoms with van der Waals surface area (Å²) in [6, 6.07) is 10.8. The molecular weight excluding hydrogens is 381 g/mol. The topological polar surface area (TPSA) is 78.5 Å². The van der Waals surface area contributed by atoms with Crippen molar-refractivity contribution in [2.24, 2.45) is 0 Å². The van der Waals surface area contributed by atoms with Crippen LogP contribution < -0.4 is 14.9 Å². The normalized spacial score (nSPS) is 13.7. The lowest BCUT2D eigenvalue weighted by Gasteiger charge is -2.30. The van der Waals surface area contributed by atoms with Crippen LogP contribution in [0.5, 0.6) is 0 Å². The first-order valence-corrected chi connectivity index (χ1v) is 10.9. The summed E-state index contributed by atoms with van der Waals surface area (Å²) >= 11 is 0. The number of carbonyl (C=O) groups is 1. The Morgan fingerprint density at radius 3 is 2.64 bits per heavy atom. The molecule has 2 aromatic carbocycles. The number of fused-ring (bicyclic) bond motifs is 1. The molecule has 1 heterocycles. The highest BCUT2D eigenvalue weighted by Crippen LogP contribution is 2.32. The molecule has 8 heteroatoms. The van der Waals surface area contributed by atoms with Gasteiger partial charge in [0.25, 0.3) is 0 Å². The van der Waals surface area contributed by atoms with E-state index in [1.807, 2.05) is 13.0 Å². The highest BCUT2D eigenvalue weighted by Gasteiger charge is 2.26. The molecule has 1 aliphatic rings. The van der Waals surface area contributed by atoms with Crippen LogP contribution in [0.15, 0.2) is 42.5 Å². The zero-order chi connectivity index (χ0) is 20.1. The van der Waals surface area contributed by atoms with Crippen LogP contribution in [-0.2, 0) is 23.0 Å². The third-order valence-electron chi connectivity index (χ3n) is 4.58. The quantitative estimate of drug-likeness (QED) is 0.770. The summed E-state index contributed by atoms with van der Waals surface area (Å²) in [6.45, 7) is 2.61. The minimum absolute atomic E-state index is 0.123. The van der Waals surface area contributed by atoms with Crippen LogP contribution in [0.1, 0.15) is 30.9 Å². The second kappa shape index (κ2) is 8.60. The molecule has 0 fully saturated rings. The third-order valence-corrected chi connectivity index (χ3v) is 6.55. The number of amides is 2. The van der Waals surface area contributed by atoms with Gasteiger partial charge in [0.15, 0.2) is 0 Å². The maximum Gasteiger partial charge on any atom is 0.319 e. The van der Waals surface area contributed by atoms with Crippen LogP contribution in [-0.4, -0.2) is 26.7 Å². The van der Waals surface area contributed by atoms with Gasteiger partial charge in [-0.1, -0.05) is 19.1 Å². The van der Waals surface area contributed by atoms with Crippen molar-refractivity contribution in [3.63, 3.8) is 0 Å². The molecule has 150 valence electrons. The van der Waals surface area contributed by atoms with Gasteiger partial charge in [-0.05, 0) is 60.7 Å². The smallest absolute Gasteiger partial charge is 0.319 e. The minimum atomic E-state index is -3.32. The number of carbonyl (C=O) groups excluding carboxylic acids is 1. The number of benzene rings is 2. The molecule has 0 aromatic heterocycles. The summed E-state index contributed by atoms with van der Waals surface area (Å²) in [6.07, 6.45) is 2.08. The van der Waals surface area contributed by atoms with E-state index >= 15 is 0 Å². The Kier molecular flexibility index (Phi) is 6.18. The lowest BCUT2D eigenvalue weighted by Crippen LogP contribution is -2.37. The van der Waals surface area contributed by atoms with Gasteiger partial charge in [-0.2, -0.15) is 0 Å². The number of anilines is 2. The first-order valence-electron chi connectivity index (χ1n) is 9.31. The van der Waals surface area contributed by atoms with Crippen molar-refractivity contribution in [3.8, 4) is 0 Å². The average molecular weight is 405 g/mol. The molecule has 0 atom stereocenters. The molecule has 28 heavy (non-hydrogen) atoms. The van der Waals surface area contributed by atoms with Crippen molar-refractivity contribution < 1.29 is 17.6 Å². The second-order valence-corrected chi connectivity index (χ2v) is 8.78.